The maximum Gasteiger partial charge on any atom is 0.172 e. The molecule has 18 heavy (non-hydrogen) atoms. The van der Waals surface area contributed by atoms with Crippen LogP contribution in [0.5, 0.6) is 0 Å². The number of Topliss-reactive ketones (excluding diaryl/α,β-unsaturated/α-hetero) is 1. The Labute approximate surface area is 111 Å². The first kappa shape index (κ1) is 13.0. The van der Waals surface area contributed by atoms with E-state index in [9.17, 15) is 4.79 Å². The molecule has 2 aromatic heterocycles. The minimum absolute atomic E-state index is 0.239. The van der Waals surface area contributed by atoms with Gasteiger partial charge in [0.05, 0.1) is 10.6 Å². The number of carbonyl (C=O) groups is 1. The number of thiophene rings is 1. The van der Waals surface area contributed by atoms with Gasteiger partial charge < -0.3 is 0 Å². The van der Waals surface area contributed by atoms with Crippen molar-refractivity contribution in [3.8, 4) is 0 Å². The Morgan fingerprint density at radius 3 is 2.72 bits per heavy atom. The van der Waals surface area contributed by atoms with Gasteiger partial charge in [-0.3, -0.25) is 9.48 Å². The van der Waals surface area contributed by atoms with Gasteiger partial charge in [0.15, 0.2) is 5.78 Å². The van der Waals surface area contributed by atoms with E-state index < -0.39 is 0 Å². The number of nitrogens with zero attached hydrogens (tertiary/aromatic N) is 2. The number of aryl methyl sites for hydroxylation is 2. The zero-order chi connectivity index (χ0) is 13.1. The van der Waals surface area contributed by atoms with Crippen LogP contribution >= 0.6 is 11.3 Å². The van der Waals surface area contributed by atoms with Gasteiger partial charge in [-0.25, -0.2) is 0 Å². The summed E-state index contributed by atoms with van der Waals surface area (Å²) in [7, 11) is 0. The van der Waals surface area contributed by atoms with E-state index in [1.807, 2.05) is 29.1 Å². The van der Waals surface area contributed by atoms with Crippen molar-refractivity contribution in [2.45, 2.75) is 40.2 Å². The Bertz CT molecular complexity index is 540. The highest BCUT2D eigenvalue weighted by Crippen LogP contribution is 2.14. The molecule has 2 heterocycles. The van der Waals surface area contributed by atoms with Crippen molar-refractivity contribution < 1.29 is 4.79 Å². The van der Waals surface area contributed by atoms with Crippen LogP contribution in [0, 0.1) is 20.8 Å². The molecule has 0 saturated heterocycles. The molecular formula is C14H18N2OS. The van der Waals surface area contributed by atoms with E-state index in [4.69, 9.17) is 0 Å². The summed E-state index contributed by atoms with van der Waals surface area (Å²) in [4.78, 5) is 12.7. The van der Waals surface area contributed by atoms with E-state index in [2.05, 4.69) is 18.9 Å². The normalized spacial score (nSPS) is 10.8. The topological polar surface area (TPSA) is 34.9 Å². The minimum atomic E-state index is 0.239. The molecule has 0 aliphatic carbocycles. The Balaban J connectivity index is 1.89. The first-order valence-electron chi connectivity index (χ1n) is 6.17. The number of rotatable bonds is 5. The van der Waals surface area contributed by atoms with Crippen molar-refractivity contribution in [2.75, 3.05) is 0 Å². The molecule has 0 saturated carbocycles. The highest BCUT2D eigenvalue weighted by molar-refractivity contribution is 7.12. The van der Waals surface area contributed by atoms with Crippen LogP contribution in [0.25, 0.3) is 0 Å². The van der Waals surface area contributed by atoms with Crippen LogP contribution in [-0.4, -0.2) is 15.6 Å². The third-order valence-corrected chi connectivity index (χ3v) is 4.22. The number of hydrogen-bond donors (Lipinski definition) is 0. The van der Waals surface area contributed by atoms with Gasteiger partial charge in [0.1, 0.15) is 0 Å². The lowest BCUT2D eigenvalue weighted by molar-refractivity contribution is 0.0982. The van der Waals surface area contributed by atoms with Gasteiger partial charge in [0.25, 0.3) is 0 Å². The van der Waals surface area contributed by atoms with Crippen LogP contribution < -0.4 is 0 Å². The van der Waals surface area contributed by atoms with Crippen molar-refractivity contribution in [3.63, 3.8) is 0 Å². The molecule has 0 aliphatic heterocycles. The van der Waals surface area contributed by atoms with E-state index in [-0.39, 0.29) is 5.78 Å². The Morgan fingerprint density at radius 2 is 2.17 bits per heavy atom. The molecule has 0 radical (unpaired) electrons. The minimum Gasteiger partial charge on any atom is -0.293 e. The Kier molecular flexibility index (Phi) is 3.97. The maximum absolute atomic E-state index is 11.8. The maximum atomic E-state index is 11.8. The molecule has 96 valence electrons. The lowest BCUT2D eigenvalue weighted by atomic mass is 10.2. The largest absolute Gasteiger partial charge is 0.293 e. The molecule has 2 rings (SSSR count). The predicted octanol–water partition coefficient (Wildman–Crippen LogP) is 3.53. The second kappa shape index (κ2) is 5.48. The molecule has 0 bridgehead atoms. The number of hydrogen-bond acceptors (Lipinski definition) is 3. The van der Waals surface area contributed by atoms with E-state index in [1.54, 1.807) is 0 Å². The summed E-state index contributed by atoms with van der Waals surface area (Å²) >= 11 is 1.52. The van der Waals surface area contributed by atoms with Gasteiger partial charge in [-0.05, 0) is 44.2 Å². The molecular weight excluding hydrogens is 244 g/mol. The predicted molar refractivity (Wildman–Crippen MR) is 74.3 cm³/mol. The van der Waals surface area contributed by atoms with Crippen LogP contribution in [0.4, 0.5) is 0 Å². The van der Waals surface area contributed by atoms with E-state index in [0.29, 0.717) is 6.42 Å². The number of ketones is 1. The van der Waals surface area contributed by atoms with Crippen molar-refractivity contribution in [3.05, 3.63) is 39.3 Å². The highest BCUT2D eigenvalue weighted by atomic mass is 32.1. The quantitative estimate of drug-likeness (QED) is 0.773. The number of carbonyl (C=O) groups excluding carboxylic acids is 1. The van der Waals surface area contributed by atoms with Gasteiger partial charge >= 0.3 is 0 Å². The lowest BCUT2D eigenvalue weighted by Crippen LogP contribution is -2.05. The van der Waals surface area contributed by atoms with Crippen molar-refractivity contribution in [1.29, 1.82) is 0 Å². The summed E-state index contributed by atoms with van der Waals surface area (Å²) in [6.45, 7) is 7.01. The van der Waals surface area contributed by atoms with Crippen LogP contribution in [0.15, 0.2) is 17.5 Å². The molecule has 0 atom stereocenters. The molecule has 0 amide bonds. The second-order valence-corrected chi connectivity index (χ2v) is 5.47. The van der Waals surface area contributed by atoms with Crippen LogP contribution in [-0.2, 0) is 6.54 Å². The van der Waals surface area contributed by atoms with Crippen LogP contribution in [0.3, 0.4) is 0 Å². The molecule has 4 heteroatoms. The van der Waals surface area contributed by atoms with Crippen molar-refractivity contribution in [2.24, 2.45) is 0 Å². The Morgan fingerprint density at radius 1 is 1.39 bits per heavy atom. The average Bonchev–Trinajstić information content (AvgIpc) is 2.95. The highest BCUT2D eigenvalue weighted by Gasteiger charge is 2.09. The molecule has 0 spiro atoms. The van der Waals surface area contributed by atoms with E-state index >= 15 is 0 Å². The summed E-state index contributed by atoms with van der Waals surface area (Å²) < 4.78 is 2.01. The van der Waals surface area contributed by atoms with E-state index in [0.717, 1.165) is 23.5 Å². The van der Waals surface area contributed by atoms with Gasteiger partial charge in [0, 0.05) is 18.7 Å². The van der Waals surface area contributed by atoms with Crippen LogP contribution in [0.1, 0.15) is 39.5 Å². The van der Waals surface area contributed by atoms with Gasteiger partial charge in [-0.15, -0.1) is 11.3 Å². The van der Waals surface area contributed by atoms with Crippen molar-refractivity contribution in [1.82, 2.24) is 9.78 Å². The summed E-state index contributed by atoms with van der Waals surface area (Å²) in [5.74, 6) is 0.239. The summed E-state index contributed by atoms with van der Waals surface area (Å²) in [5, 5.41) is 6.42. The first-order chi connectivity index (χ1) is 8.59. The molecule has 2 aromatic rings. The third kappa shape index (κ3) is 2.70. The van der Waals surface area contributed by atoms with Crippen molar-refractivity contribution >= 4 is 17.1 Å². The average molecular weight is 262 g/mol. The van der Waals surface area contributed by atoms with Gasteiger partial charge in [-0.2, -0.15) is 5.10 Å². The smallest absolute Gasteiger partial charge is 0.172 e. The zero-order valence-corrected chi connectivity index (χ0v) is 11.9. The molecule has 0 fully saturated rings. The molecule has 3 nitrogen and oxygen atoms in total. The zero-order valence-electron chi connectivity index (χ0n) is 11.1. The second-order valence-electron chi connectivity index (χ2n) is 4.52. The van der Waals surface area contributed by atoms with E-state index in [1.165, 1.54) is 22.6 Å². The molecule has 0 unspecified atom stereocenters. The van der Waals surface area contributed by atoms with Crippen LogP contribution in [0.2, 0.25) is 0 Å². The molecule has 0 aliphatic rings. The summed E-state index contributed by atoms with van der Waals surface area (Å²) in [6, 6.07) is 3.81. The molecule has 0 N–H and O–H groups in total. The first-order valence-corrected chi connectivity index (χ1v) is 7.05. The fourth-order valence-corrected chi connectivity index (χ4v) is 2.65. The summed E-state index contributed by atoms with van der Waals surface area (Å²) in [5.41, 5.74) is 3.53. The monoisotopic (exact) mass is 262 g/mol. The fraction of sp³-hybridized carbons (Fsp3) is 0.429. The standard InChI is InChI=1S/C14H18N2OS/c1-10-11(2)15-16(12(10)3)8-4-6-13(17)14-7-5-9-18-14/h5,7,9H,4,6,8H2,1-3H3. The Hall–Kier alpha value is -1.42. The van der Waals surface area contributed by atoms with Gasteiger partial charge in [-0.1, -0.05) is 6.07 Å². The number of aromatic nitrogens is 2. The third-order valence-electron chi connectivity index (χ3n) is 3.31. The molecule has 0 aromatic carbocycles. The summed E-state index contributed by atoms with van der Waals surface area (Å²) in [6.07, 6.45) is 1.44. The SMILES string of the molecule is Cc1nn(CCCC(=O)c2cccs2)c(C)c1C. The van der Waals surface area contributed by atoms with Gasteiger partial charge in [0.2, 0.25) is 0 Å². The lowest BCUT2D eigenvalue weighted by Gasteiger charge is -2.03. The fourth-order valence-electron chi connectivity index (χ4n) is 1.95.